The van der Waals surface area contributed by atoms with E-state index in [-0.39, 0.29) is 16.7 Å². The summed E-state index contributed by atoms with van der Waals surface area (Å²) in [6.07, 6.45) is -7.36. The molecule has 1 unspecified atom stereocenters. The van der Waals surface area contributed by atoms with Crippen molar-refractivity contribution >= 4 is 24.0 Å². The zero-order valence-corrected chi connectivity index (χ0v) is 21.4. The summed E-state index contributed by atoms with van der Waals surface area (Å²) in [6.45, 7) is -0.420. The number of carboxylic acids is 1. The summed E-state index contributed by atoms with van der Waals surface area (Å²) in [4.78, 5) is 37.9. The van der Waals surface area contributed by atoms with Gasteiger partial charge in [0, 0.05) is 12.3 Å². The second-order valence-corrected chi connectivity index (χ2v) is 9.69. The minimum Gasteiger partial charge on any atom is -0.504 e. The van der Waals surface area contributed by atoms with E-state index in [0.29, 0.717) is 0 Å². The lowest BCUT2D eigenvalue weighted by Gasteiger charge is -2.39. The first-order chi connectivity index (χ1) is 19.3. The lowest BCUT2D eigenvalue weighted by atomic mass is 9.71. The topological polar surface area (TPSA) is 241 Å². The zero-order chi connectivity index (χ0) is 30.2. The lowest BCUT2D eigenvalue weighted by molar-refractivity contribution is -0.211. The molecular weight excluding hydrogens is 548 g/mol. The highest BCUT2D eigenvalue weighted by Gasteiger charge is 2.46. The number of aromatic hydroxyl groups is 4. The van der Waals surface area contributed by atoms with Gasteiger partial charge < -0.3 is 55.1 Å². The Morgan fingerprint density at radius 1 is 1.00 bits per heavy atom. The van der Waals surface area contributed by atoms with Gasteiger partial charge >= 0.3 is 17.9 Å². The summed E-state index contributed by atoms with van der Waals surface area (Å²) in [5.74, 6) is -9.04. The van der Waals surface area contributed by atoms with Crippen molar-refractivity contribution in [2.24, 2.45) is 5.92 Å². The van der Waals surface area contributed by atoms with Crippen molar-refractivity contribution in [3.63, 3.8) is 0 Å². The highest BCUT2D eigenvalue weighted by Crippen LogP contribution is 2.47. The van der Waals surface area contributed by atoms with E-state index in [1.54, 1.807) is 0 Å². The lowest BCUT2D eigenvalue weighted by Crippen LogP contribution is -2.56. The van der Waals surface area contributed by atoms with E-state index in [9.17, 15) is 55.2 Å². The summed E-state index contributed by atoms with van der Waals surface area (Å²) in [7, 11) is 1.03. The maximum Gasteiger partial charge on any atom is 0.335 e. The molecule has 1 aliphatic heterocycles. The van der Waals surface area contributed by atoms with Gasteiger partial charge in [0.2, 0.25) is 0 Å². The standard InChI is InChI=1S/C27H28O14/c1-39-27(38)18(32)8-20-24(23(34)19(33)9-40-20)41-26(37)13-4-11-6-16(30)17(31)7-12(11)21(22(13)25(35)36)10-2-3-14(28)15(29)5-10/h2-7,18-24,28-34H,8-9H2,1H3,(H,35,36)/t18?,19-,20-,21+,22+,23-,24-/m0/s1. The molecule has 4 rings (SSSR count). The third kappa shape index (κ3) is 5.76. The SMILES string of the molecule is COC(=O)C(O)C[C@@H]1OC[C@H](O)[C@H](O)[C@H]1OC(=O)C1=Cc2cc(O)c(O)cc2[C@@H](c2ccc(O)c(O)c2)[C@@H]1C(=O)O. The summed E-state index contributed by atoms with van der Waals surface area (Å²) >= 11 is 0. The number of rotatable bonds is 7. The van der Waals surface area contributed by atoms with E-state index in [1.165, 1.54) is 6.07 Å². The van der Waals surface area contributed by atoms with Crippen LogP contribution in [0.1, 0.15) is 29.0 Å². The minimum absolute atomic E-state index is 0.112. The fourth-order valence-electron chi connectivity index (χ4n) is 5.03. The Morgan fingerprint density at radius 3 is 2.29 bits per heavy atom. The molecule has 14 heteroatoms. The number of benzene rings is 2. The van der Waals surface area contributed by atoms with Gasteiger partial charge in [-0.15, -0.1) is 0 Å². The van der Waals surface area contributed by atoms with Crippen molar-refractivity contribution in [1.82, 2.24) is 0 Å². The molecule has 1 aliphatic carbocycles. The van der Waals surface area contributed by atoms with Gasteiger partial charge in [0.1, 0.15) is 18.3 Å². The Hall–Kier alpha value is -4.37. The van der Waals surface area contributed by atoms with Crippen LogP contribution in [0.2, 0.25) is 0 Å². The molecule has 0 bridgehead atoms. The molecular formula is C27H28O14. The van der Waals surface area contributed by atoms with Crippen LogP contribution in [0.3, 0.4) is 0 Å². The van der Waals surface area contributed by atoms with Crippen LogP contribution in [0, 0.1) is 5.92 Å². The summed E-state index contributed by atoms with van der Waals surface area (Å²) < 4.78 is 15.3. The monoisotopic (exact) mass is 576 g/mol. The van der Waals surface area contributed by atoms with Crippen LogP contribution in [0.15, 0.2) is 35.9 Å². The summed E-state index contributed by atoms with van der Waals surface area (Å²) in [6, 6.07) is 5.68. The first kappa shape index (κ1) is 29.6. The first-order valence-corrected chi connectivity index (χ1v) is 12.3. The van der Waals surface area contributed by atoms with E-state index < -0.39 is 102 Å². The van der Waals surface area contributed by atoms with Gasteiger partial charge in [-0.1, -0.05) is 6.07 Å². The smallest absolute Gasteiger partial charge is 0.335 e. The van der Waals surface area contributed by atoms with Crippen molar-refractivity contribution < 1.29 is 69.4 Å². The van der Waals surface area contributed by atoms with Gasteiger partial charge in [-0.3, -0.25) is 4.79 Å². The Balaban J connectivity index is 1.77. The number of carbonyl (C=O) groups is 3. The summed E-state index contributed by atoms with van der Waals surface area (Å²) in [5, 5.41) is 81.2. The van der Waals surface area contributed by atoms with Crippen LogP contribution in [0.4, 0.5) is 0 Å². The Bertz CT molecular complexity index is 1380. The third-order valence-corrected chi connectivity index (χ3v) is 7.11. The van der Waals surface area contributed by atoms with Crippen molar-refractivity contribution in [1.29, 1.82) is 0 Å². The molecule has 0 amide bonds. The quantitative estimate of drug-likeness (QED) is 0.156. The number of hydrogen-bond donors (Lipinski definition) is 8. The normalized spacial score (nSPS) is 26.3. The number of aliphatic hydroxyl groups is 3. The minimum atomic E-state index is -1.74. The van der Waals surface area contributed by atoms with Crippen molar-refractivity contribution in [3.05, 3.63) is 52.6 Å². The largest absolute Gasteiger partial charge is 0.504 e. The zero-order valence-electron chi connectivity index (χ0n) is 21.4. The number of aliphatic hydroxyl groups excluding tert-OH is 3. The highest BCUT2D eigenvalue weighted by atomic mass is 16.6. The molecule has 1 saturated heterocycles. The number of phenolic OH excluding ortho intramolecular Hbond substituents is 4. The maximum atomic E-state index is 13.6. The number of aliphatic carboxylic acids is 1. The molecule has 41 heavy (non-hydrogen) atoms. The van der Waals surface area contributed by atoms with E-state index >= 15 is 0 Å². The number of fused-ring (bicyclic) bond motifs is 1. The van der Waals surface area contributed by atoms with Crippen LogP contribution in [0.5, 0.6) is 23.0 Å². The predicted molar refractivity (Wildman–Crippen MR) is 135 cm³/mol. The van der Waals surface area contributed by atoms with Gasteiger partial charge in [-0.25, -0.2) is 9.59 Å². The van der Waals surface area contributed by atoms with Gasteiger partial charge in [-0.2, -0.15) is 0 Å². The molecule has 0 aromatic heterocycles. The number of hydrogen-bond acceptors (Lipinski definition) is 13. The number of esters is 2. The molecule has 220 valence electrons. The van der Waals surface area contributed by atoms with Gasteiger partial charge in [0.15, 0.2) is 35.2 Å². The molecule has 2 aromatic carbocycles. The van der Waals surface area contributed by atoms with Crippen molar-refractivity contribution in [2.75, 3.05) is 13.7 Å². The van der Waals surface area contributed by atoms with Gasteiger partial charge in [0.05, 0.1) is 25.2 Å². The van der Waals surface area contributed by atoms with Crippen LogP contribution in [-0.4, -0.2) is 103 Å². The molecule has 0 saturated carbocycles. The van der Waals surface area contributed by atoms with Crippen molar-refractivity contribution in [2.45, 2.75) is 42.9 Å². The van der Waals surface area contributed by atoms with Gasteiger partial charge in [0.25, 0.3) is 0 Å². The second-order valence-electron chi connectivity index (χ2n) is 9.69. The Labute approximate surface area is 231 Å². The van der Waals surface area contributed by atoms with E-state index in [1.807, 2.05) is 0 Å². The molecule has 8 N–H and O–H groups in total. The molecule has 1 heterocycles. The van der Waals surface area contributed by atoms with Crippen LogP contribution >= 0.6 is 0 Å². The fraction of sp³-hybridized carbons (Fsp3) is 0.370. The number of methoxy groups -OCH3 is 1. The number of carboxylic acid groups (broad SMARTS) is 1. The molecule has 0 spiro atoms. The third-order valence-electron chi connectivity index (χ3n) is 7.11. The average molecular weight is 577 g/mol. The molecule has 7 atom stereocenters. The number of phenols is 4. The molecule has 2 aliphatic rings. The maximum absolute atomic E-state index is 13.6. The van der Waals surface area contributed by atoms with Crippen molar-refractivity contribution in [3.8, 4) is 23.0 Å². The number of carbonyl (C=O) groups excluding carboxylic acids is 2. The Kier molecular flexibility index (Phi) is 8.39. The highest BCUT2D eigenvalue weighted by molar-refractivity contribution is 6.02. The van der Waals surface area contributed by atoms with E-state index in [0.717, 1.165) is 37.5 Å². The average Bonchev–Trinajstić information content (AvgIpc) is 2.93. The van der Waals surface area contributed by atoms with E-state index in [4.69, 9.17) is 9.47 Å². The first-order valence-electron chi connectivity index (χ1n) is 12.3. The van der Waals surface area contributed by atoms with Crippen LogP contribution in [0.25, 0.3) is 6.08 Å². The summed E-state index contributed by atoms with van der Waals surface area (Å²) in [5.41, 5.74) is -0.0921. The molecule has 2 aromatic rings. The fourth-order valence-corrected chi connectivity index (χ4v) is 5.03. The second kappa shape index (κ2) is 11.6. The number of ether oxygens (including phenoxy) is 3. The predicted octanol–water partition coefficient (Wildman–Crippen LogP) is -0.305. The van der Waals surface area contributed by atoms with Crippen LogP contribution in [-0.2, 0) is 28.6 Å². The Morgan fingerprint density at radius 2 is 1.66 bits per heavy atom. The van der Waals surface area contributed by atoms with Gasteiger partial charge in [-0.05, 0) is 47.0 Å². The molecule has 14 nitrogen and oxygen atoms in total. The van der Waals surface area contributed by atoms with E-state index in [2.05, 4.69) is 4.74 Å². The van der Waals surface area contributed by atoms with Crippen LogP contribution < -0.4 is 0 Å². The molecule has 1 fully saturated rings. The molecule has 0 radical (unpaired) electrons.